The summed E-state index contributed by atoms with van der Waals surface area (Å²) in [5.74, 6) is -0.742. The van der Waals surface area contributed by atoms with E-state index in [0.29, 0.717) is 15.6 Å². The van der Waals surface area contributed by atoms with E-state index < -0.39 is 27.4 Å². The number of anilines is 1. The van der Waals surface area contributed by atoms with Crippen molar-refractivity contribution in [2.24, 2.45) is 5.10 Å². The lowest BCUT2D eigenvalue weighted by Gasteiger charge is -2.21. The maximum Gasteiger partial charge on any atom is 0.271 e. The second kappa shape index (κ2) is 9.00. The quantitative estimate of drug-likeness (QED) is 0.399. The molecule has 0 radical (unpaired) electrons. The molecule has 0 aliphatic carbocycles. The monoisotopic (exact) mass is 444 g/mol. The van der Waals surface area contributed by atoms with Gasteiger partial charge in [0.2, 0.25) is 10.0 Å². The smallest absolute Gasteiger partial charge is 0.271 e. The number of sulfonamides is 1. The summed E-state index contributed by atoms with van der Waals surface area (Å²) in [4.78, 5) is 22.3. The number of non-ortho nitro benzene ring substituents is 1. The maximum atomic E-state index is 12.1. The molecule has 0 saturated carbocycles. The largest absolute Gasteiger partial charge is 0.271 e. The number of benzene rings is 2. The molecule has 2 rings (SSSR count). The zero-order chi connectivity index (χ0) is 20.9. The number of rotatable bonds is 7. The van der Waals surface area contributed by atoms with Crippen LogP contribution in [0.15, 0.2) is 47.6 Å². The third-order valence-electron chi connectivity index (χ3n) is 3.36. The highest BCUT2D eigenvalue weighted by Gasteiger charge is 2.22. The number of carbonyl (C=O) groups excluding carboxylic acids is 1. The van der Waals surface area contributed by atoms with E-state index in [1.54, 1.807) is 12.1 Å². The number of nitrogens with one attached hydrogen (secondary N) is 1. The first-order chi connectivity index (χ1) is 13.1. The summed E-state index contributed by atoms with van der Waals surface area (Å²) in [6, 6.07) is 9.66. The van der Waals surface area contributed by atoms with Crippen molar-refractivity contribution in [3.63, 3.8) is 0 Å². The molecule has 9 nitrogen and oxygen atoms in total. The van der Waals surface area contributed by atoms with Gasteiger partial charge in [-0.3, -0.25) is 19.2 Å². The molecule has 0 unspecified atom stereocenters. The Balaban J connectivity index is 2.13. The van der Waals surface area contributed by atoms with E-state index in [0.717, 1.165) is 16.6 Å². The van der Waals surface area contributed by atoms with Gasteiger partial charge in [-0.05, 0) is 23.8 Å². The Kier molecular flexibility index (Phi) is 6.95. The van der Waals surface area contributed by atoms with Crippen LogP contribution in [0.1, 0.15) is 5.56 Å². The Morgan fingerprint density at radius 2 is 1.96 bits per heavy atom. The predicted octanol–water partition coefficient (Wildman–Crippen LogP) is 2.82. The van der Waals surface area contributed by atoms with Crippen molar-refractivity contribution in [3.8, 4) is 0 Å². The molecule has 0 aliphatic rings. The molecule has 2 aromatic carbocycles. The average molecular weight is 445 g/mol. The predicted molar refractivity (Wildman–Crippen MR) is 107 cm³/mol. The van der Waals surface area contributed by atoms with Gasteiger partial charge in [-0.1, -0.05) is 35.3 Å². The molecule has 0 spiro atoms. The lowest BCUT2D eigenvalue weighted by atomic mass is 10.2. The minimum absolute atomic E-state index is 0.0136. The summed E-state index contributed by atoms with van der Waals surface area (Å²) >= 11 is 11.7. The fourth-order valence-corrected chi connectivity index (χ4v) is 3.25. The number of hydrogen-bond acceptors (Lipinski definition) is 6. The lowest BCUT2D eigenvalue weighted by molar-refractivity contribution is -0.384. The van der Waals surface area contributed by atoms with Crippen molar-refractivity contribution in [3.05, 3.63) is 68.2 Å². The number of amides is 1. The van der Waals surface area contributed by atoms with Crippen LogP contribution in [0.25, 0.3) is 0 Å². The summed E-state index contributed by atoms with van der Waals surface area (Å²) < 4.78 is 24.8. The molecular formula is C16H14Cl2N4O5S. The van der Waals surface area contributed by atoms with E-state index in [2.05, 4.69) is 10.5 Å². The van der Waals surface area contributed by atoms with Crippen molar-refractivity contribution in [2.75, 3.05) is 17.1 Å². The van der Waals surface area contributed by atoms with Crippen LogP contribution in [0.4, 0.5) is 11.4 Å². The molecule has 0 heterocycles. The van der Waals surface area contributed by atoms with E-state index in [4.69, 9.17) is 23.2 Å². The first-order valence-corrected chi connectivity index (χ1v) is 10.2. The second-order valence-corrected chi connectivity index (χ2v) is 8.23. The normalized spacial score (nSPS) is 11.4. The molecule has 0 saturated heterocycles. The third kappa shape index (κ3) is 5.91. The van der Waals surface area contributed by atoms with Crippen LogP contribution in [0.2, 0.25) is 10.0 Å². The molecule has 0 fully saturated rings. The molecule has 1 N–H and O–H groups in total. The van der Waals surface area contributed by atoms with Gasteiger partial charge in [0.15, 0.2) is 0 Å². The molecule has 28 heavy (non-hydrogen) atoms. The summed E-state index contributed by atoms with van der Waals surface area (Å²) in [7, 11) is -3.88. The van der Waals surface area contributed by atoms with Gasteiger partial charge in [0.05, 0.1) is 33.1 Å². The van der Waals surface area contributed by atoms with Gasteiger partial charge < -0.3 is 0 Å². The summed E-state index contributed by atoms with van der Waals surface area (Å²) in [5, 5.41) is 15.3. The molecular weight excluding hydrogens is 431 g/mol. The minimum atomic E-state index is -3.88. The second-order valence-electron chi connectivity index (χ2n) is 5.51. The zero-order valence-electron chi connectivity index (χ0n) is 14.4. The summed E-state index contributed by atoms with van der Waals surface area (Å²) in [5.41, 5.74) is 2.44. The number of hydrogen-bond donors (Lipinski definition) is 1. The van der Waals surface area contributed by atoms with E-state index in [9.17, 15) is 23.3 Å². The van der Waals surface area contributed by atoms with E-state index in [-0.39, 0.29) is 11.4 Å². The van der Waals surface area contributed by atoms with Crippen LogP contribution >= 0.6 is 23.2 Å². The number of nitro benzene ring substituents is 1. The van der Waals surface area contributed by atoms with Gasteiger partial charge >= 0.3 is 0 Å². The maximum absolute atomic E-state index is 12.1. The Labute approximate surface area is 170 Å². The van der Waals surface area contributed by atoms with Crippen LogP contribution in [0.3, 0.4) is 0 Å². The highest BCUT2D eigenvalue weighted by atomic mass is 35.5. The van der Waals surface area contributed by atoms with Crippen molar-refractivity contribution in [2.45, 2.75) is 0 Å². The van der Waals surface area contributed by atoms with Gasteiger partial charge in [0, 0.05) is 12.1 Å². The molecule has 0 aromatic heterocycles. The number of carbonyl (C=O) groups is 1. The summed E-state index contributed by atoms with van der Waals surface area (Å²) in [6.45, 7) is -0.612. The van der Waals surface area contributed by atoms with Crippen LogP contribution in [-0.4, -0.2) is 38.3 Å². The number of nitro groups is 1. The van der Waals surface area contributed by atoms with Crippen LogP contribution < -0.4 is 9.73 Å². The average Bonchev–Trinajstić information content (AvgIpc) is 2.62. The van der Waals surface area contributed by atoms with E-state index in [1.165, 1.54) is 30.5 Å². The SMILES string of the molecule is CS(=O)(=O)N(CC(=O)N/N=C\c1ccc(Cl)c(Cl)c1)c1cccc([N+](=O)[O-])c1. The topological polar surface area (TPSA) is 122 Å². The van der Waals surface area contributed by atoms with Crippen LogP contribution in [-0.2, 0) is 14.8 Å². The number of hydrazone groups is 1. The van der Waals surface area contributed by atoms with E-state index >= 15 is 0 Å². The molecule has 0 aliphatic heterocycles. The van der Waals surface area contributed by atoms with Gasteiger partial charge in [0.1, 0.15) is 6.54 Å². The van der Waals surface area contributed by atoms with Gasteiger partial charge in [0.25, 0.3) is 11.6 Å². The first-order valence-electron chi connectivity index (χ1n) is 7.57. The number of nitrogens with zero attached hydrogens (tertiary/aromatic N) is 3. The van der Waals surface area contributed by atoms with Gasteiger partial charge in [-0.25, -0.2) is 13.8 Å². The summed E-state index contributed by atoms with van der Waals surface area (Å²) in [6.07, 6.45) is 2.19. The minimum Gasteiger partial charge on any atom is -0.271 e. The van der Waals surface area contributed by atoms with Crippen molar-refractivity contribution < 1.29 is 18.1 Å². The van der Waals surface area contributed by atoms with Crippen LogP contribution in [0.5, 0.6) is 0 Å². The van der Waals surface area contributed by atoms with Crippen molar-refractivity contribution >= 4 is 56.7 Å². The van der Waals surface area contributed by atoms with Crippen molar-refractivity contribution in [1.82, 2.24) is 5.43 Å². The molecule has 1 amide bonds. The molecule has 0 bridgehead atoms. The Hall–Kier alpha value is -2.69. The lowest BCUT2D eigenvalue weighted by Crippen LogP contribution is -2.39. The Morgan fingerprint density at radius 1 is 1.25 bits per heavy atom. The zero-order valence-corrected chi connectivity index (χ0v) is 16.7. The third-order valence-corrected chi connectivity index (χ3v) is 5.24. The Bertz CT molecular complexity index is 1040. The molecule has 148 valence electrons. The molecule has 0 atom stereocenters. The molecule has 2 aromatic rings. The highest BCUT2D eigenvalue weighted by Crippen LogP contribution is 2.23. The first kappa shape index (κ1) is 21.6. The van der Waals surface area contributed by atoms with Gasteiger partial charge in [-0.15, -0.1) is 0 Å². The highest BCUT2D eigenvalue weighted by molar-refractivity contribution is 7.92. The standard InChI is InChI=1S/C16H14Cl2N4O5S/c1-28(26,27)21(12-3-2-4-13(8-12)22(24)25)10-16(23)20-19-9-11-5-6-14(17)15(18)7-11/h2-9H,10H2,1H3,(H,20,23)/b19-9-. The fourth-order valence-electron chi connectivity index (χ4n) is 2.10. The Morgan fingerprint density at radius 3 is 2.57 bits per heavy atom. The fraction of sp³-hybridized carbons (Fsp3) is 0.125. The van der Waals surface area contributed by atoms with Gasteiger partial charge in [-0.2, -0.15) is 5.10 Å². The van der Waals surface area contributed by atoms with Crippen LogP contribution in [0, 0.1) is 10.1 Å². The molecule has 12 heteroatoms. The van der Waals surface area contributed by atoms with Crippen molar-refractivity contribution in [1.29, 1.82) is 0 Å². The van der Waals surface area contributed by atoms with E-state index in [1.807, 2.05) is 0 Å². The number of halogens is 2.